The van der Waals surface area contributed by atoms with Crippen LogP contribution in [-0.2, 0) is 0 Å². The van der Waals surface area contributed by atoms with E-state index in [9.17, 15) is 4.79 Å². The van der Waals surface area contributed by atoms with Crippen LogP contribution in [0.1, 0.15) is 23.4 Å². The molecule has 1 fully saturated rings. The minimum Gasteiger partial charge on any atom is -0.492 e. The summed E-state index contributed by atoms with van der Waals surface area (Å²) in [6.45, 7) is 3.97. The van der Waals surface area contributed by atoms with Crippen molar-refractivity contribution in [3.05, 3.63) is 30.0 Å². The van der Waals surface area contributed by atoms with Gasteiger partial charge >= 0.3 is 0 Å². The number of benzene rings is 1. The number of ether oxygens (including phenoxy) is 1. The molecule has 1 aliphatic rings. The summed E-state index contributed by atoms with van der Waals surface area (Å²) in [5, 5.41) is 0.831. The number of rotatable bonds is 5. The number of fused-ring (bicyclic) bond motifs is 1. The normalized spacial score (nSPS) is 15.8. The average Bonchev–Trinajstić information content (AvgIpc) is 3.06. The topological polar surface area (TPSA) is 68.7 Å². The first-order valence-corrected chi connectivity index (χ1v) is 6.91. The fourth-order valence-electron chi connectivity index (χ4n) is 2.53. The van der Waals surface area contributed by atoms with Gasteiger partial charge in [0.1, 0.15) is 17.9 Å². The summed E-state index contributed by atoms with van der Waals surface area (Å²) in [6.07, 6.45) is 2.58. The Morgan fingerprint density at radius 1 is 1.30 bits per heavy atom. The van der Waals surface area contributed by atoms with Crippen LogP contribution < -0.4 is 10.5 Å². The second kappa shape index (κ2) is 5.54. The van der Waals surface area contributed by atoms with E-state index in [1.165, 1.54) is 25.9 Å². The summed E-state index contributed by atoms with van der Waals surface area (Å²) in [7, 11) is 0. The van der Waals surface area contributed by atoms with Crippen LogP contribution >= 0.6 is 0 Å². The van der Waals surface area contributed by atoms with E-state index in [0.29, 0.717) is 12.2 Å². The molecule has 2 heterocycles. The Morgan fingerprint density at radius 3 is 2.85 bits per heavy atom. The van der Waals surface area contributed by atoms with Crippen molar-refractivity contribution in [2.75, 3.05) is 26.2 Å². The summed E-state index contributed by atoms with van der Waals surface area (Å²) in [4.78, 5) is 13.5. The summed E-state index contributed by atoms with van der Waals surface area (Å²) in [5.41, 5.74) is 5.84. The van der Waals surface area contributed by atoms with E-state index in [1.807, 2.05) is 12.1 Å². The molecule has 2 N–H and O–H groups in total. The monoisotopic (exact) mass is 274 g/mol. The highest BCUT2D eigenvalue weighted by Gasteiger charge is 2.12. The third kappa shape index (κ3) is 2.77. The number of hydrogen-bond acceptors (Lipinski definition) is 4. The number of amides is 1. The molecular formula is C15H18N2O3. The Morgan fingerprint density at radius 2 is 2.10 bits per heavy atom. The molecule has 2 aromatic rings. The van der Waals surface area contributed by atoms with Gasteiger partial charge in [-0.3, -0.25) is 9.69 Å². The molecule has 0 aliphatic carbocycles. The quantitative estimate of drug-likeness (QED) is 0.905. The Hall–Kier alpha value is -2.01. The predicted molar refractivity (Wildman–Crippen MR) is 75.9 cm³/mol. The fraction of sp³-hybridized carbons (Fsp3) is 0.400. The van der Waals surface area contributed by atoms with Gasteiger partial charge in [0.2, 0.25) is 0 Å². The van der Waals surface area contributed by atoms with Crippen LogP contribution in [-0.4, -0.2) is 37.0 Å². The van der Waals surface area contributed by atoms with Crippen molar-refractivity contribution in [2.24, 2.45) is 5.73 Å². The van der Waals surface area contributed by atoms with Crippen LogP contribution in [0, 0.1) is 0 Å². The number of primary amides is 1. The van der Waals surface area contributed by atoms with Gasteiger partial charge in [0.15, 0.2) is 5.76 Å². The molecule has 0 radical (unpaired) electrons. The van der Waals surface area contributed by atoms with Gasteiger partial charge in [-0.05, 0) is 50.2 Å². The molecule has 1 amide bonds. The molecule has 1 aliphatic heterocycles. The molecule has 0 spiro atoms. The smallest absolute Gasteiger partial charge is 0.284 e. The standard InChI is InChI=1S/C15H18N2O3/c16-15(18)14-10-11-9-12(3-4-13(11)20-14)19-8-7-17-5-1-2-6-17/h3-4,9-10H,1-2,5-8H2,(H2,16,18). The summed E-state index contributed by atoms with van der Waals surface area (Å²) in [6, 6.07) is 7.16. The molecule has 5 nitrogen and oxygen atoms in total. The zero-order valence-corrected chi connectivity index (χ0v) is 11.3. The zero-order chi connectivity index (χ0) is 13.9. The second-order valence-corrected chi connectivity index (χ2v) is 5.07. The Labute approximate surface area is 117 Å². The molecular weight excluding hydrogens is 256 g/mol. The molecule has 20 heavy (non-hydrogen) atoms. The van der Waals surface area contributed by atoms with Crippen molar-refractivity contribution in [2.45, 2.75) is 12.8 Å². The summed E-state index contributed by atoms with van der Waals surface area (Å²) in [5.74, 6) is 0.403. The van der Waals surface area contributed by atoms with E-state index < -0.39 is 5.91 Å². The van der Waals surface area contributed by atoms with Gasteiger partial charge in [-0.25, -0.2) is 0 Å². The predicted octanol–water partition coefficient (Wildman–Crippen LogP) is 2.01. The number of likely N-dealkylation sites (tertiary alicyclic amines) is 1. The highest BCUT2D eigenvalue weighted by atomic mass is 16.5. The number of furan rings is 1. The number of nitrogens with zero attached hydrogens (tertiary/aromatic N) is 1. The molecule has 106 valence electrons. The van der Waals surface area contributed by atoms with E-state index in [0.717, 1.165) is 17.7 Å². The lowest BCUT2D eigenvalue weighted by Gasteiger charge is -2.14. The van der Waals surface area contributed by atoms with Gasteiger partial charge in [0, 0.05) is 11.9 Å². The van der Waals surface area contributed by atoms with E-state index in [4.69, 9.17) is 14.9 Å². The molecule has 3 rings (SSSR count). The van der Waals surface area contributed by atoms with Crippen molar-refractivity contribution in [1.82, 2.24) is 4.90 Å². The largest absolute Gasteiger partial charge is 0.492 e. The number of carbonyl (C=O) groups excluding carboxylic acids is 1. The third-order valence-corrected chi connectivity index (χ3v) is 3.61. The first kappa shape index (κ1) is 13.0. The van der Waals surface area contributed by atoms with E-state index in [1.54, 1.807) is 12.1 Å². The molecule has 0 atom stereocenters. The van der Waals surface area contributed by atoms with Crippen molar-refractivity contribution >= 4 is 16.9 Å². The summed E-state index contributed by atoms with van der Waals surface area (Å²) < 4.78 is 11.1. The van der Waals surface area contributed by atoms with Crippen LogP contribution in [0.2, 0.25) is 0 Å². The zero-order valence-electron chi connectivity index (χ0n) is 11.3. The molecule has 0 bridgehead atoms. The van der Waals surface area contributed by atoms with Crippen molar-refractivity contribution in [3.8, 4) is 5.75 Å². The summed E-state index contributed by atoms with van der Waals surface area (Å²) >= 11 is 0. The molecule has 1 saturated heterocycles. The van der Waals surface area contributed by atoms with Crippen molar-refractivity contribution in [1.29, 1.82) is 0 Å². The maximum Gasteiger partial charge on any atom is 0.284 e. The maximum atomic E-state index is 11.1. The van der Waals surface area contributed by atoms with E-state index in [-0.39, 0.29) is 5.76 Å². The number of nitrogens with two attached hydrogens (primary N) is 1. The fourth-order valence-corrected chi connectivity index (χ4v) is 2.53. The number of carbonyl (C=O) groups is 1. The molecule has 0 saturated carbocycles. The Kier molecular flexibility index (Phi) is 3.60. The Balaban J connectivity index is 1.64. The first-order valence-electron chi connectivity index (χ1n) is 6.91. The molecule has 0 unspecified atom stereocenters. The highest BCUT2D eigenvalue weighted by Crippen LogP contribution is 2.24. The van der Waals surface area contributed by atoms with Gasteiger partial charge in [0.05, 0.1) is 0 Å². The number of hydrogen-bond donors (Lipinski definition) is 1. The lowest BCUT2D eigenvalue weighted by molar-refractivity contribution is 0.0976. The van der Waals surface area contributed by atoms with Crippen LogP contribution in [0.4, 0.5) is 0 Å². The van der Waals surface area contributed by atoms with Crippen LogP contribution in [0.3, 0.4) is 0 Å². The first-order chi connectivity index (χ1) is 9.72. The van der Waals surface area contributed by atoms with Gasteiger partial charge in [-0.2, -0.15) is 0 Å². The van der Waals surface area contributed by atoms with Gasteiger partial charge < -0.3 is 14.9 Å². The van der Waals surface area contributed by atoms with Crippen LogP contribution in [0.5, 0.6) is 5.75 Å². The minimum atomic E-state index is -0.558. The lowest BCUT2D eigenvalue weighted by atomic mass is 10.2. The SMILES string of the molecule is NC(=O)c1cc2cc(OCCN3CCCC3)ccc2o1. The van der Waals surface area contributed by atoms with Gasteiger partial charge in [-0.15, -0.1) is 0 Å². The van der Waals surface area contributed by atoms with Crippen molar-refractivity contribution < 1.29 is 13.9 Å². The molecule has 5 heteroatoms. The maximum absolute atomic E-state index is 11.1. The highest BCUT2D eigenvalue weighted by molar-refractivity contribution is 5.95. The molecule has 1 aromatic heterocycles. The van der Waals surface area contributed by atoms with Crippen LogP contribution in [0.25, 0.3) is 11.0 Å². The van der Waals surface area contributed by atoms with E-state index >= 15 is 0 Å². The third-order valence-electron chi connectivity index (χ3n) is 3.61. The second-order valence-electron chi connectivity index (χ2n) is 5.07. The Bertz CT molecular complexity index is 615. The minimum absolute atomic E-state index is 0.175. The van der Waals surface area contributed by atoms with Crippen molar-refractivity contribution in [3.63, 3.8) is 0 Å². The van der Waals surface area contributed by atoms with Gasteiger partial charge in [-0.1, -0.05) is 0 Å². The van der Waals surface area contributed by atoms with Gasteiger partial charge in [0.25, 0.3) is 5.91 Å². The van der Waals surface area contributed by atoms with E-state index in [2.05, 4.69) is 4.90 Å². The lowest BCUT2D eigenvalue weighted by Crippen LogP contribution is -2.25. The van der Waals surface area contributed by atoms with Crippen LogP contribution in [0.15, 0.2) is 28.7 Å². The average molecular weight is 274 g/mol. The molecule has 1 aromatic carbocycles.